The van der Waals surface area contributed by atoms with E-state index >= 15 is 0 Å². The molecule has 7 heteroatoms. The van der Waals surface area contributed by atoms with E-state index in [1.54, 1.807) is 6.92 Å². The molecule has 1 aromatic rings. The third-order valence-corrected chi connectivity index (χ3v) is 2.08. The number of rotatable bonds is 4. The van der Waals surface area contributed by atoms with Crippen LogP contribution < -0.4 is 0 Å². The Morgan fingerprint density at radius 3 is 2.56 bits per heavy atom. The molecule has 0 aliphatic carbocycles. The number of hydrogen-bond acceptors (Lipinski definition) is 4. The lowest BCUT2D eigenvalue weighted by Crippen LogP contribution is -2.19. The van der Waals surface area contributed by atoms with Crippen molar-refractivity contribution in [3.63, 3.8) is 0 Å². The van der Waals surface area contributed by atoms with Gasteiger partial charge in [-0.15, -0.1) is 0 Å². The minimum absolute atomic E-state index is 0.00710. The molecular weight excluding hydrogens is 249 g/mol. The number of hydrogen-bond donors (Lipinski definition) is 0. The molecule has 1 rings (SSSR count). The lowest BCUT2D eigenvalue weighted by atomic mass is 10.2. The molecule has 1 heterocycles. The molecule has 100 valence electrons. The Hall–Kier alpha value is -1.66. The molecule has 1 aromatic heterocycles. The van der Waals surface area contributed by atoms with Crippen molar-refractivity contribution < 1.29 is 22.7 Å². The highest BCUT2D eigenvalue weighted by atomic mass is 19.4. The van der Waals surface area contributed by atoms with E-state index in [4.69, 9.17) is 0 Å². The summed E-state index contributed by atoms with van der Waals surface area (Å²) in [5, 5.41) is 0. The quantitative estimate of drug-likeness (QED) is 0.783. The second kappa shape index (κ2) is 5.79. The molecular formula is C11H13F3N2O2. The molecule has 0 aliphatic rings. The molecule has 0 bridgehead atoms. The summed E-state index contributed by atoms with van der Waals surface area (Å²) in [6.45, 7) is 3.31. The Bertz CT molecular complexity index is 433. The summed E-state index contributed by atoms with van der Waals surface area (Å²) < 4.78 is 42.9. The summed E-state index contributed by atoms with van der Waals surface area (Å²) in [4.78, 5) is 18.5. The van der Waals surface area contributed by atoms with Crippen molar-refractivity contribution in [3.8, 4) is 0 Å². The molecule has 0 fully saturated rings. The number of alkyl halides is 3. The van der Waals surface area contributed by atoms with Crippen LogP contribution in [0.25, 0.3) is 0 Å². The Morgan fingerprint density at radius 2 is 2.06 bits per heavy atom. The highest BCUT2D eigenvalue weighted by Gasteiger charge is 2.38. The maximum absolute atomic E-state index is 12.8. The number of aryl methyl sites for hydroxylation is 1. The summed E-state index contributed by atoms with van der Waals surface area (Å²) in [6, 6.07) is 0. The van der Waals surface area contributed by atoms with Crippen molar-refractivity contribution in [2.45, 2.75) is 32.9 Å². The zero-order valence-corrected chi connectivity index (χ0v) is 10.0. The van der Waals surface area contributed by atoms with Gasteiger partial charge in [0.2, 0.25) is 0 Å². The van der Waals surface area contributed by atoms with E-state index in [0.717, 1.165) is 6.20 Å². The van der Waals surface area contributed by atoms with E-state index in [9.17, 15) is 18.0 Å². The zero-order valence-electron chi connectivity index (χ0n) is 10.0. The van der Waals surface area contributed by atoms with Crippen molar-refractivity contribution in [1.82, 2.24) is 9.97 Å². The predicted octanol–water partition coefficient (Wildman–Crippen LogP) is 2.62. The minimum Gasteiger partial charge on any atom is -0.462 e. The van der Waals surface area contributed by atoms with Gasteiger partial charge in [-0.05, 0) is 13.3 Å². The summed E-state index contributed by atoms with van der Waals surface area (Å²) in [5.74, 6) is -0.995. The van der Waals surface area contributed by atoms with Gasteiger partial charge in [-0.2, -0.15) is 13.2 Å². The zero-order chi connectivity index (χ0) is 13.8. The van der Waals surface area contributed by atoms with Gasteiger partial charge in [0.05, 0.1) is 6.61 Å². The summed E-state index contributed by atoms with van der Waals surface area (Å²) in [7, 11) is 0. The van der Waals surface area contributed by atoms with Gasteiger partial charge >= 0.3 is 12.1 Å². The van der Waals surface area contributed by atoms with E-state index in [-0.39, 0.29) is 12.4 Å². The molecule has 0 aromatic carbocycles. The van der Waals surface area contributed by atoms with E-state index in [2.05, 4.69) is 14.7 Å². The maximum Gasteiger partial charge on any atom is 0.434 e. The third kappa shape index (κ3) is 3.41. The van der Waals surface area contributed by atoms with E-state index < -0.39 is 23.4 Å². The largest absolute Gasteiger partial charge is 0.462 e. The molecule has 0 saturated heterocycles. The molecule has 0 aliphatic heterocycles. The van der Waals surface area contributed by atoms with Crippen molar-refractivity contribution in [2.75, 3.05) is 6.61 Å². The molecule has 18 heavy (non-hydrogen) atoms. The first-order valence-electron chi connectivity index (χ1n) is 5.50. The third-order valence-electron chi connectivity index (χ3n) is 2.08. The van der Waals surface area contributed by atoms with Gasteiger partial charge in [0.1, 0.15) is 11.4 Å². The van der Waals surface area contributed by atoms with Crippen LogP contribution in [0, 0.1) is 0 Å². The summed E-state index contributed by atoms with van der Waals surface area (Å²) in [6.07, 6.45) is -2.88. The van der Waals surface area contributed by atoms with Crippen LogP contribution in [0.3, 0.4) is 0 Å². The maximum atomic E-state index is 12.8. The van der Waals surface area contributed by atoms with Crippen LogP contribution >= 0.6 is 0 Å². The van der Waals surface area contributed by atoms with Crippen molar-refractivity contribution in [1.29, 1.82) is 0 Å². The smallest absolute Gasteiger partial charge is 0.434 e. The fourth-order valence-corrected chi connectivity index (χ4v) is 1.34. The van der Waals surface area contributed by atoms with Gasteiger partial charge in [-0.1, -0.05) is 6.92 Å². The fraction of sp³-hybridized carbons (Fsp3) is 0.545. The number of esters is 1. The predicted molar refractivity (Wildman–Crippen MR) is 57.0 cm³/mol. The average Bonchev–Trinajstić information content (AvgIpc) is 2.28. The van der Waals surface area contributed by atoms with Crippen LogP contribution in [0.2, 0.25) is 0 Å². The Balaban J connectivity index is 3.21. The molecule has 0 saturated carbocycles. The molecule has 0 spiro atoms. The monoisotopic (exact) mass is 262 g/mol. The lowest BCUT2D eigenvalue weighted by Gasteiger charge is -2.11. The first kappa shape index (κ1) is 14.4. The first-order chi connectivity index (χ1) is 8.40. The van der Waals surface area contributed by atoms with Gasteiger partial charge in [-0.3, -0.25) is 0 Å². The minimum atomic E-state index is -4.70. The van der Waals surface area contributed by atoms with E-state index in [0.29, 0.717) is 12.8 Å². The number of nitrogens with zero attached hydrogens (tertiary/aromatic N) is 2. The average molecular weight is 262 g/mol. The normalized spacial score (nSPS) is 11.4. The van der Waals surface area contributed by atoms with E-state index in [1.165, 1.54) is 6.92 Å². The SMILES string of the molecule is CCCc1ncc(C(=O)OCC)c(C(F)(F)F)n1. The Labute approximate surface area is 102 Å². The Kier molecular flexibility index (Phi) is 4.63. The van der Waals surface area contributed by atoms with Crippen LogP contribution in [-0.4, -0.2) is 22.5 Å². The highest BCUT2D eigenvalue weighted by Crippen LogP contribution is 2.30. The topological polar surface area (TPSA) is 52.1 Å². The molecule has 0 radical (unpaired) electrons. The van der Waals surface area contributed by atoms with Crippen LogP contribution in [-0.2, 0) is 17.3 Å². The van der Waals surface area contributed by atoms with Gasteiger partial charge in [0, 0.05) is 12.6 Å². The number of carbonyl (C=O) groups is 1. The number of carbonyl (C=O) groups excluding carboxylic acids is 1. The fourth-order valence-electron chi connectivity index (χ4n) is 1.34. The standard InChI is InChI=1S/C11H13F3N2O2/c1-3-5-8-15-6-7(10(17)18-4-2)9(16-8)11(12,13)14/h6H,3-5H2,1-2H3. The van der Waals surface area contributed by atoms with Crippen molar-refractivity contribution in [2.24, 2.45) is 0 Å². The van der Waals surface area contributed by atoms with Crippen LogP contribution in [0.15, 0.2) is 6.20 Å². The van der Waals surface area contributed by atoms with Crippen LogP contribution in [0.4, 0.5) is 13.2 Å². The molecule has 4 nitrogen and oxygen atoms in total. The Morgan fingerprint density at radius 1 is 1.39 bits per heavy atom. The van der Waals surface area contributed by atoms with Crippen LogP contribution in [0.5, 0.6) is 0 Å². The highest BCUT2D eigenvalue weighted by molar-refractivity contribution is 5.90. The van der Waals surface area contributed by atoms with Gasteiger partial charge in [-0.25, -0.2) is 14.8 Å². The van der Waals surface area contributed by atoms with E-state index in [1.807, 2.05) is 0 Å². The van der Waals surface area contributed by atoms with Gasteiger partial charge in [0.15, 0.2) is 5.69 Å². The second-order valence-corrected chi connectivity index (χ2v) is 3.52. The summed E-state index contributed by atoms with van der Waals surface area (Å²) in [5.41, 5.74) is -1.89. The first-order valence-corrected chi connectivity index (χ1v) is 5.50. The molecule has 0 N–H and O–H groups in total. The number of aromatic nitrogens is 2. The molecule has 0 unspecified atom stereocenters. The summed E-state index contributed by atoms with van der Waals surface area (Å²) >= 11 is 0. The van der Waals surface area contributed by atoms with Gasteiger partial charge in [0.25, 0.3) is 0 Å². The van der Waals surface area contributed by atoms with Crippen molar-refractivity contribution >= 4 is 5.97 Å². The van der Waals surface area contributed by atoms with Gasteiger partial charge < -0.3 is 4.74 Å². The van der Waals surface area contributed by atoms with Crippen LogP contribution in [0.1, 0.15) is 42.1 Å². The molecule has 0 amide bonds. The lowest BCUT2D eigenvalue weighted by molar-refractivity contribution is -0.142. The number of halogens is 3. The second-order valence-electron chi connectivity index (χ2n) is 3.52. The molecule has 0 atom stereocenters. The number of ether oxygens (including phenoxy) is 1. The van der Waals surface area contributed by atoms with Crippen molar-refractivity contribution in [3.05, 3.63) is 23.3 Å².